The highest BCUT2D eigenvalue weighted by Gasteiger charge is 2.49. The van der Waals surface area contributed by atoms with Gasteiger partial charge in [-0.1, -0.05) is 121 Å². The van der Waals surface area contributed by atoms with Gasteiger partial charge in [0.1, 0.15) is 35.7 Å². The van der Waals surface area contributed by atoms with Crippen LogP contribution in [0.5, 0.6) is 0 Å². The highest BCUT2D eigenvalue weighted by molar-refractivity contribution is 6.71. The molecule has 27 heteroatoms. The summed E-state index contributed by atoms with van der Waals surface area (Å²) in [6, 6.07) is 14.6. The predicted octanol–water partition coefficient (Wildman–Crippen LogP) is 7.75. The van der Waals surface area contributed by atoms with Crippen LogP contribution in [-0.4, -0.2) is 139 Å². The van der Waals surface area contributed by atoms with E-state index in [1.807, 2.05) is 0 Å². The minimum Gasteiger partial charge on any atom is -0.477 e. The number of aromatic nitrogens is 2. The number of oxime groups is 1. The maximum atomic E-state index is 12.1. The second-order valence-corrected chi connectivity index (χ2v) is 17.8. The van der Waals surface area contributed by atoms with Crippen molar-refractivity contribution in [1.29, 1.82) is 0 Å². The van der Waals surface area contributed by atoms with Gasteiger partial charge in [-0.25, -0.2) is 14.4 Å². The number of Topliss-reactive ketones (excluding diaryl/α,β-unsaturated/α-hetero) is 1. The molecule has 0 bridgehead atoms. The summed E-state index contributed by atoms with van der Waals surface area (Å²) in [6.07, 6.45) is 0. The Balaban J connectivity index is 0.000000179. The second kappa shape index (κ2) is 25.7. The summed E-state index contributed by atoms with van der Waals surface area (Å²) in [4.78, 5) is 44.1. The van der Waals surface area contributed by atoms with Crippen molar-refractivity contribution < 1.29 is 81.9 Å². The Bertz CT molecular complexity index is 2810. The normalized spacial score (nSPS) is 16.3. The minimum absolute atomic E-state index is 0.00187. The van der Waals surface area contributed by atoms with E-state index in [4.69, 9.17) is 119 Å². The number of aliphatic hydroxyl groups is 2. The van der Waals surface area contributed by atoms with E-state index in [0.29, 0.717) is 50.0 Å². The van der Waals surface area contributed by atoms with Crippen molar-refractivity contribution in [2.24, 2.45) is 5.16 Å². The molecule has 4 N–H and O–H groups in total. The van der Waals surface area contributed by atoms with Crippen LogP contribution in [0.15, 0.2) is 68.8 Å². The van der Waals surface area contributed by atoms with Crippen LogP contribution in [0.25, 0.3) is 22.5 Å². The van der Waals surface area contributed by atoms with Gasteiger partial charge in [0, 0.05) is 24.2 Å². The molecule has 9 rings (SSSR count). The standard InChI is InChI=1S/2C14H11Cl2NO5.C7H4Cl3NO.C7H8O4.C3H4O2/c1-20-13(18)10-11(9-7(15)3-2-4-8(9)16)17-22-12(10)14(19)5-21-6-14;1-20-14(5-21-6-14)12-10(13(18)19)11(17-22-12)9-7(15)3-2-4-8(9)16;8-4-2-1-3-5(9)6(4)7(10)11-12;1-10-6(8)2-3-7(9)4-11-5-7;4-3-1-5-2-3/h2-4,19H,5-6H2,1H3;2-4H,5-6H2,1H3,(H,18,19);1-3,12H;9H,4-5H2,1H3;1-2H2/b;;11-7-;;. The van der Waals surface area contributed by atoms with Crippen LogP contribution in [0.2, 0.25) is 30.1 Å². The lowest BCUT2D eigenvalue weighted by molar-refractivity contribution is -0.213. The molecule has 0 aliphatic carbocycles. The molecule has 0 spiro atoms. The third-order valence-electron chi connectivity index (χ3n) is 10.0. The van der Waals surface area contributed by atoms with E-state index in [1.165, 1.54) is 21.3 Å². The zero-order chi connectivity index (χ0) is 53.0. The molecule has 0 unspecified atom stereocenters. The first-order valence-corrected chi connectivity index (χ1v) is 22.8. The first-order chi connectivity index (χ1) is 34.2. The zero-order valence-electron chi connectivity index (χ0n) is 37.4. The Morgan fingerprint density at radius 3 is 1.43 bits per heavy atom. The Kier molecular flexibility index (Phi) is 20.7. The first-order valence-electron chi connectivity index (χ1n) is 20.2. The molecule has 0 saturated carbocycles. The summed E-state index contributed by atoms with van der Waals surface area (Å²) in [5.74, 6) is 2.22. The molecule has 72 heavy (non-hydrogen) atoms. The van der Waals surface area contributed by atoms with Crippen molar-refractivity contribution in [1.82, 2.24) is 10.3 Å². The number of rotatable bonds is 8. The van der Waals surface area contributed by atoms with Gasteiger partial charge in [0.25, 0.3) is 0 Å². The third kappa shape index (κ3) is 13.6. The number of methoxy groups -OCH3 is 3. The molecule has 0 amide bonds. The van der Waals surface area contributed by atoms with Gasteiger partial charge in [-0.05, 0) is 36.4 Å². The van der Waals surface area contributed by atoms with Gasteiger partial charge in [-0.2, -0.15) is 0 Å². The molecule has 4 fully saturated rings. The number of carboxylic acids is 1. The number of nitrogens with zero attached hydrogens (tertiary/aromatic N) is 3. The molecule has 4 saturated heterocycles. The number of ether oxygens (including phenoxy) is 7. The van der Waals surface area contributed by atoms with Crippen LogP contribution in [0, 0.1) is 11.8 Å². The number of benzene rings is 3. The van der Waals surface area contributed by atoms with Crippen LogP contribution in [0.1, 0.15) is 37.8 Å². The highest BCUT2D eigenvalue weighted by atomic mass is 35.5. The fourth-order valence-electron chi connectivity index (χ4n) is 6.06. The minimum atomic E-state index is -1.41. The summed E-state index contributed by atoms with van der Waals surface area (Å²) in [5, 5.41) is 49.8. The van der Waals surface area contributed by atoms with E-state index < -0.39 is 34.7 Å². The molecule has 0 atom stereocenters. The lowest BCUT2D eigenvalue weighted by Gasteiger charge is -2.37. The van der Waals surface area contributed by atoms with Gasteiger partial charge < -0.3 is 62.7 Å². The molecular formula is C45H38Cl7N3O17. The monoisotopic (exact) mass is 1140 g/mol. The number of carboxylic acid groups (broad SMARTS) is 1. The van der Waals surface area contributed by atoms with Gasteiger partial charge in [0.15, 0.2) is 39.3 Å². The number of halogens is 7. The fourth-order valence-corrected chi connectivity index (χ4v) is 8.09. The number of carbonyl (C=O) groups excluding carboxylic acids is 3. The van der Waals surface area contributed by atoms with Crippen LogP contribution >= 0.6 is 81.2 Å². The summed E-state index contributed by atoms with van der Waals surface area (Å²) in [5.41, 5.74) is -2.45. The SMILES string of the molecule is COC(=O)C#CC1(O)COC1.COC(=O)c1c(-c2c(Cl)cccc2Cl)noc1C1(O)COC1.COC1(c2onc(-c3c(Cl)cccc3Cl)c2C(=O)O)COC1.O/N=C(\Cl)c1c(Cl)cccc1Cl.O=C1COC1. The van der Waals surface area contributed by atoms with Crippen LogP contribution in [0.3, 0.4) is 0 Å². The molecule has 6 heterocycles. The van der Waals surface area contributed by atoms with Crippen molar-refractivity contribution in [2.75, 3.05) is 74.2 Å². The highest BCUT2D eigenvalue weighted by Crippen LogP contribution is 2.43. The Morgan fingerprint density at radius 1 is 0.653 bits per heavy atom. The lowest BCUT2D eigenvalue weighted by Crippen LogP contribution is -2.48. The second-order valence-electron chi connectivity index (χ2n) is 15.0. The molecule has 4 aliphatic rings. The van der Waals surface area contributed by atoms with Gasteiger partial charge in [-0.3, -0.25) is 4.79 Å². The van der Waals surface area contributed by atoms with Gasteiger partial charge in [-0.15, -0.1) is 0 Å². The maximum absolute atomic E-state index is 12.1. The Hall–Kier alpha value is -5.06. The molecule has 3 aromatic carbocycles. The average molecular weight is 1140 g/mol. The quantitative estimate of drug-likeness (QED) is 0.0288. The zero-order valence-corrected chi connectivity index (χ0v) is 42.7. The number of hydrogen-bond donors (Lipinski definition) is 4. The first kappa shape index (κ1) is 57.8. The van der Waals surface area contributed by atoms with Gasteiger partial charge >= 0.3 is 17.9 Å². The average Bonchev–Trinajstić information content (AvgIpc) is 3.95. The van der Waals surface area contributed by atoms with Gasteiger partial charge in [0.05, 0.1) is 89.6 Å². The lowest BCUT2D eigenvalue weighted by atomic mass is 9.93. The molecule has 384 valence electrons. The summed E-state index contributed by atoms with van der Waals surface area (Å²) >= 11 is 41.6. The van der Waals surface area contributed by atoms with Gasteiger partial charge in [0.2, 0.25) is 0 Å². The number of esters is 2. The molecule has 2 aromatic heterocycles. The summed E-state index contributed by atoms with van der Waals surface area (Å²) in [6.45, 7) is 1.40. The van der Waals surface area contributed by atoms with E-state index in [1.54, 1.807) is 54.6 Å². The van der Waals surface area contributed by atoms with Crippen molar-refractivity contribution in [2.45, 2.75) is 16.8 Å². The van der Waals surface area contributed by atoms with Crippen LogP contribution in [-0.2, 0) is 53.9 Å². The smallest absolute Gasteiger partial charge is 0.384 e. The Labute approximate surface area is 443 Å². The maximum Gasteiger partial charge on any atom is 0.384 e. The molecule has 0 radical (unpaired) electrons. The van der Waals surface area contributed by atoms with Crippen molar-refractivity contribution in [3.63, 3.8) is 0 Å². The molecule has 5 aromatic rings. The molecular weight excluding hydrogens is 1100 g/mol. The number of ketones is 1. The Morgan fingerprint density at radius 2 is 1.10 bits per heavy atom. The number of aromatic carboxylic acids is 1. The van der Waals surface area contributed by atoms with Crippen LogP contribution in [0.4, 0.5) is 0 Å². The molecule has 20 nitrogen and oxygen atoms in total. The summed E-state index contributed by atoms with van der Waals surface area (Å²) < 4.78 is 44.1. The van der Waals surface area contributed by atoms with E-state index in [2.05, 4.69) is 36.8 Å². The fraction of sp³-hybridized carbons (Fsp3) is 0.311. The van der Waals surface area contributed by atoms with E-state index in [9.17, 15) is 34.5 Å². The third-order valence-corrected chi connectivity index (χ3v) is 12.2. The van der Waals surface area contributed by atoms with E-state index in [-0.39, 0.29) is 94.7 Å². The number of carbonyl (C=O) groups is 4. The van der Waals surface area contributed by atoms with Crippen LogP contribution < -0.4 is 0 Å². The largest absolute Gasteiger partial charge is 0.477 e. The molecule has 4 aliphatic heterocycles. The number of hydrogen-bond acceptors (Lipinski definition) is 19. The van der Waals surface area contributed by atoms with E-state index in [0.717, 1.165) is 0 Å². The van der Waals surface area contributed by atoms with Crippen molar-refractivity contribution in [3.05, 3.63) is 113 Å². The topological polar surface area (TPSA) is 278 Å². The van der Waals surface area contributed by atoms with E-state index >= 15 is 0 Å². The van der Waals surface area contributed by atoms with Crippen molar-refractivity contribution in [3.8, 4) is 34.4 Å². The van der Waals surface area contributed by atoms with Crippen molar-refractivity contribution >= 4 is 110 Å². The predicted molar refractivity (Wildman–Crippen MR) is 258 cm³/mol. The summed E-state index contributed by atoms with van der Waals surface area (Å²) in [7, 11) is 3.91.